The van der Waals surface area contributed by atoms with E-state index in [-0.39, 0.29) is 0 Å². The molecule has 116 valence electrons. The molecular formula is C20H31N. The van der Waals surface area contributed by atoms with Gasteiger partial charge in [0, 0.05) is 6.04 Å². The van der Waals surface area contributed by atoms with E-state index in [1.54, 1.807) is 11.1 Å². The minimum atomic E-state index is 0.545. The van der Waals surface area contributed by atoms with Crippen LogP contribution in [0, 0.1) is 5.41 Å². The largest absolute Gasteiger partial charge is 0.299 e. The van der Waals surface area contributed by atoms with Gasteiger partial charge < -0.3 is 0 Å². The van der Waals surface area contributed by atoms with Crippen LogP contribution in [0.2, 0.25) is 0 Å². The predicted molar refractivity (Wildman–Crippen MR) is 90.6 cm³/mol. The SMILES string of the molecule is CCCCCCC[C@]12CCCN(C)[C@H]1c1ccccc1C2. The fourth-order valence-electron chi connectivity index (χ4n) is 4.94. The van der Waals surface area contributed by atoms with Gasteiger partial charge >= 0.3 is 0 Å². The number of benzene rings is 1. The molecule has 0 aromatic heterocycles. The summed E-state index contributed by atoms with van der Waals surface area (Å²) in [6.45, 7) is 3.58. The molecule has 2 atom stereocenters. The number of nitrogens with zero attached hydrogens (tertiary/aromatic N) is 1. The van der Waals surface area contributed by atoms with E-state index in [2.05, 4.69) is 43.1 Å². The molecule has 0 saturated carbocycles. The van der Waals surface area contributed by atoms with Gasteiger partial charge in [0.2, 0.25) is 0 Å². The van der Waals surface area contributed by atoms with Crippen LogP contribution in [0.1, 0.15) is 75.5 Å². The van der Waals surface area contributed by atoms with E-state index in [1.165, 1.54) is 64.3 Å². The quantitative estimate of drug-likeness (QED) is 0.636. The van der Waals surface area contributed by atoms with Gasteiger partial charge in [-0.2, -0.15) is 0 Å². The van der Waals surface area contributed by atoms with Crippen LogP contribution in [0.4, 0.5) is 0 Å². The number of fused-ring (bicyclic) bond motifs is 3. The smallest absolute Gasteiger partial charge is 0.0407 e. The van der Waals surface area contributed by atoms with E-state index in [9.17, 15) is 0 Å². The molecule has 3 rings (SSSR count). The second kappa shape index (κ2) is 6.52. The first kappa shape index (κ1) is 15.1. The maximum absolute atomic E-state index is 2.64. The van der Waals surface area contributed by atoms with Gasteiger partial charge in [-0.1, -0.05) is 63.3 Å². The van der Waals surface area contributed by atoms with Crippen molar-refractivity contribution in [2.45, 2.75) is 70.8 Å². The summed E-state index contributed by atoms with van der Waals surface area (Å²) in [4.78, 5) is 2.64. The molecular weight excluding hydrogens is 254 g/mol. The highest BCUT2D eigenvalue weighted by molar-refractivity contribution is 5.38. The Labute approximate surface area is 130 Å². The zero-order chi connectivity index (χ0) is 14.7. The Morgan fingerprint density at radius 2 is 1.95 bits per heavy atom. The third kappa shape index (κ3) is 2.90. The lowest BCUT2D eigenvalue weighted by molar-refractivity contribution is 0.0343. The highest BCUT2D eigenvalue weighted by Crippen LogP contribution is 2.56. The molecule has 21 heavy (non-hydrogen) atoms. The van der Waals surface area contributed by atoms with Crippen molar-refractivity contribution in [3.05, 3.63) is 35.4 Å². The lowest BCUT2D eigenvalue weighted by Gasteiger charge is -2.45. The van der Waals surface area contributed by atoms with Crippen molar-refractivity contribution in [1.29, 1.82) is 0 Å². The minimum Gasteiger partial charge on any atom is -0.299 e. The molecule has 1 aliphatic carbocycles. The Morgan fingerprint density at radius 3 is 2.81 bits per heavy atom. The van der Waals surface area contributed by atoms with Gasteiger partial charge in [0.1, 0.15) is 0 Å². The Kier molecular flexibility index (Phi) is 4.69. The van der Waals surface area contributed by atoms with Crippen molar-refractivity contribution in [2.24, 2.45) is 5.41 Å². The predicted octanol–water partition coefficient (Wildman–Crippen LogP) is 5.36. The standard InChI is InChI=1S/C20H31N/c1-3-4-5-6-9-13-20-14-10-15-21(2)19(20)18-12-8-7-11-17(18)16-20/h7-8,11-12,19H,3-6,9-10,13-16H2,1-2H3/t19-,20+/m0/s1. The van der Waals surface area contributed by atoms with E-state index in [0.717, 1.165) is 0 Å². The average Bonchev–Trinajstić information content (AvgIpc) is 2.82. The molecule has 1 aromatic carbocycles. The van der Waals surface area contributed by atoms with Crippen LogP contribution < -0.4 is 0 Å². The van der Waals surface area contributed by atoms with E-state index in [1.807, 2.05) is 0 Å². The van der Waals surface area contributed by atoms with Crippen LogP contribution in [0.25, 0.3) is 0 Å². The molecule has 0 bridgehead atoms. The van der Waals surface area contributed by atoms with Crippen LogP contribution in [0.15, 0.2) is 24.3 Å². The van der Waals surface area contributed by atoms with Crippen molar-refractivity contribution < 1.29 is 0 Å². The highest BCUT2D eigenvalue weighted by atomic mass is 15.2. The summed E-state index contributed by atoms with van der Waals surface area (Å²) >= 11 is 0. The van der Waals surface area contributed by atoms with Crippen LogP contribution in [-0.4, -0.2) is 18.5 Å². The molecule has 1 saturated heterocycles. The van der Waals surface area contributed by atoms with E-state index >= 15 is 0 Å². The van der Waals surface area contributed by atoms with Gasteiger partial charge in [-0.05, 0) is 55.8 Å². The Balaban J connectivity index is 1.73. The lowest BCUT2D eigenvalue weighted by atomic mass is 9.70. The number of likely N-dealkylation sites (tertiary alicyclic amines) is 1. The van der Waals surface area contributed by atoms with E-state index < -0.39 is 0 Å². The van der Waals surface area contributed by atoms with Gasteiger partial charge in [0.05, 0.1) is 0 Å². The van der Waals surface area contributed by atoms with Crippen molar-refractivity contribution in [3.8, 4) is 0 Å². The average molecular weight is 285 g/mol. The Hall–Kier alpha value is -0.820. The van der Waals surface area contributed by atoms with Crippen LogP contribution in [0.5, 0.6) is 0 Å². The Morgan fingerprint density at radius 1 is 1.14 bits per heavy atom. The van der Waals surface area contributed by atoms with Gasteiger partial charge in [-0.25, -0.2) is 0 Å². The van der Waals surface area contributed by atoms with Crippen LogP contribution in [-0.2, 0) is 6.42 Å². The molecule has 1 heteroatoms. The van der Waals surface area contributed by atoms with Gasteiger partial charge in [0.15, 0.2) is 0 Å². The summed E-state index contributed by atoms with van der Waals surface area (Å²) in [5.74, 6) is 0. The summed E-state index contributed by atoms with van der Waals surface area (Å²) < 4.78 is 0. The fraction of sp³-hybridized carbons (Fsp3) is 0.700. The zero-order valence-corrected chi connectivity index (χ0v) is 13.9. The second-order valence-electron chi connectivity index (χ2n) is 7.39. The number of hydrogen-bond donors (Lipinski definition) is 0. The first-order chi connectivity index (χ1) is 10.3. The van der Waals surface area contributed by atoms with Gasteiger partial charge in [-0.3, -0.25) is 4.90 Å². The summed E-state index contributed by atoms with van der Waals surface area (Å²) in [6, 6.07) is 9.92. The van der Waals surface area contributed by atoms with Crippen LogP contribution >= 0.6 is 0 Å². The molecule has 0 spiro atoms. The normalized spacial score (nSPS) is 28.4. The molecule has 0 radical (unpaired) electrons. The molecule has 0 unspecified atom stereocenters. The molecule has 1 fully saturated rings. The molecule has 1 heterocycles. The molecule has 0 N–H and O–H groups in total. The van der Waals surface area contributed by atoms with Crippen molar-refractivity contribution >= 4 is 0 Å². The Bertz CT molecular complexity index is 467. The number of unbranched alkanes of at least 4 members (excludes halogenated alkanes) is 4. The third-order valence-electron chi connectivity index (χ3n) is 5.88. The molecule has 1 nitrogen and oxygen atoms in total. The highest BCUT2D eigenvalue weighted by Gasteiger charge is 2.48. The van der Waals surface area contributed by atoms with Gasteiger partial charge in [-0.15, -0.1) is 0 Å². The summed E-state index contributed by atoms with van der Waals surface area (Å²) in [6.07, 6.45) is 12.6. The summed E-state index contributed by atoms with van der Waals surface area (Å²) in [5, 5.41) is 0. The van der Waals surface area contributed by atoms with E-state index in [0.29, 0.717) is 11.5 Å². The van der Waals surface area contributed by atoms with Crippen molar-refractivity contribution in [1.82, 2.24) is 4.90 Å². The molecule has 0 amide bonds. The van der Waals surface area contributed by atoms with E-state index in [4.69, 9.17) is 0 Å². The monoisotopic (exact) mass is 285 g/mol. The topological polar surface area (TPSA) is 3.24 Å². The van der Waals surface area contributed by atoms with Crippen molar-refractivity contribution in [3.63, 3.8) is 0 Å². The lowest BCUT2D eigenvalue weighted by Crippen LogP contribution is -2.42. The minimum absolute atomic E-state index is 0.545. The summed E-state index contributed by atoms with van der Waals surface area (Å²) in [7, 11) is 2.34. The summed E-state index contributed by atoms with van der Waals surface area (Å²) in [5.41, 5.74) is 3.81. The third-order valence-corrected chi connectivity index (χ3v) is 5.88. The first-order valence-corrected chi connectivity index (χ1v) is 9.05. The van der Waals surface area contributed by atoms with Crippen LogP contribution in [0.3, 0.4) is 0 Å². The first-order valence-electron chi connectivity index (χ1n) is 9.05. The number of hydrogen-bond acceptors (Lipinski definition) is 1. The molecule has 1 aromatic rings. The number of rotatable bonds is 6. The number of piperidine rings is 1. The molecule has 2 aliphatic rings. The molecule has 1 aliphatic heterocycles. The fourth-order valence-corrected chi connectivity index (χ4v) is 4.94. The second-order valence-corrected chi connectivity index (χ2v) is 7.39. The maximum Gasteiger partial charge on any atom is 0.0407 e. The zero-order valence-electron chi connectivity index (χ0n) is 13.9. The van der Waals surface area contributed by atoms with Crippen molar-refractivity contribution in [2.75, 3.05) is 13.6 Å². The maximum atomic E-state index is 2.64. The van der Waals surface area contributed by atoms with Gasteiger partial charge in [0.25, 0.3) is 0 Å².